The number of carboxylic acids is 4. The van der Waals surface area contributed by atoms with Crippen molar-refractivity contribution < 1.29 is 44.3 Å². The van der Waals surface area contributed by atoms with Gasteiger partial charge in [0.05, 0.1) is 12.8 Å². The molecule has 58 heavy (non-hydrogen) atoms. The second-order valence-electron chi connectivity index (χ2n) is 14.3. The Labute approximate surface area is 349 Å². The van der Waals surface area contributed by atoms with Crippen LogP contribution in [0.25, 0.3) is 0 Å². The lowest BCUT2D eigenvalue weighted by Gasteiger charge is -2.17. The van der Waals surface area contributed by atoms with Crippen molar-refractivity contribution in [1.29, 1.82) is 0 Å². The van der Waals surface area contributed by atoms with E-state index in [4.69, 9.17) is 36.8 Å². The number of carboxylic acid groups (broad SMARTS) is 4. The average molecular weight is 834 g/mol. The summed E-state index contributed by atoms with van der Waals surface area (Å²) in [5, 5.41) is 35.5. The SMILES string of the molecule is CCCCCCCCCCCCCCCCCCOc1cn(Cc2ccc(Cl)cc2)c(CNCCCN(C)C)cc1=O.O=C(O)C=CC(=O)O.O=C(O)C=CC(=O)O. The predicted octanol–water partition coefficient (Wildman–Crippen LogP) is 8.66. The van der Waals surface area contributed by atoms with Crippen molar-refractivity contribution >= 4 is 35.5 Å². The largest absolute Gasteiger partial charge is 0.488 e. The van der Waals surface area contributed by atoms with Gasteiger partial charge in [-0.1, -0.05) is 127 Å². The first-order chi connectivity index (χ1) is 27.7. The molecule has 2 aromatic rings. The lowest BCUT2D eigenvalue weighted by molar-refractivity contribution is -0.134. The maximum Gasteiger partial charge on any atom is 0.328 e. The van der Waals surface area contributed by atoms with E-state index in [1.54, 1.807) is 6.07 Å². The van der Waals surface area contributed by atoms with E-state index in [1.807, 2.05) is 30.5 Å². The molecule has 0 atom stereocenters. The van der Waals surface area contributed by atoms with Crippen molar-refractivity contribution in [3.05, 3.63) is 87.3 Å². The monoisotopic (exact) mass is 833 g/mol. The Morgan fingerprint density at radius 3 is 1.53 bits per heavy atom. The summed E-state index contributed by atoms with van der Waals surface area (Å²) in [7, 11) is 4.17. The van der Waals surface area contributed by atoms with Crippen LogP contribution < -0.4 is 15.5 Å². The Morgan fingerprint density at radius 2 is 1.12 bits per heavy atom. The smallest absolute Gasteiger partial charge is 0.328 e. The summed E-state index contributed by atoms with van der Waals surface area (Å²) in [5.74, 6) is -4.58. The molecule has 1 aromatic heterocycles. The van der Waals surface area contributed by atoms with Crippen LogP contribution in [-0.2, 0) is 32.3 Å². The number of unbranched alkanes of at least 4 members (excludes halogenated alkanes) is 15. The highest BCUT2D eigenvalue weighted by Crippen LogP contribution is 2.16. The molecule has 0 saturated heterocycles. The van der Waals surface area contributed by atoms with Gasteiger partial charge < -0.3 is 39.9 Å². The number of benzene rings is 1. The van der Waals surface area contributed by atoms with Gasteiger partial charge in [0.2, 0.25) is 5.43 Å². The first kappa shape index (κ1) is 53.5. The molecule has 14 heteroatoms. The number of nitrogens with zero attached hydrogens (tertiary/aromatic N) is 2. The van der Waals surface area contributed by atoms with Crippen molar-refractivity contribution in [2.24, 2.45) is 0 Å². The number of carbonyl (C=O) groups is 4. The zero-order chi connectivity index (χ0) is 43.4. The molecule has 0 unspecified atom stereocenters. The van der Waals surface area contributed by atoms with Crippen LogP contribution in [0.15, 0.2) is 65.6 Å². The maximum atomic E-state index is 12.9. The van der Waals surface area contributed by atoms with Gasteiger partial charge in [-0.3, -0.25) is 4.79 Å². The minimum atomic E-state index is -1.26. The van der Waals surface area contributed by atoms with Gasteiger partial charge in [-0.25, -0.2) is 19.2 Å². The van der Waals surface area contributed by atoms with Crippen LogP contribution in [0.3, 0.4) is 0 Å². The molecule has 0 fully saturated rings. The highest BCUT2D eigenvalue weighted by molar-refractivity contribution is 6.30. The standard InChI is InChI=1S/C36H60ClN3O2.2C4H4O4/c1-4-5-6-7-8-9-10-11-12-13-14-15-16-17-18-19-27-42-36-31-40(30-32-21-23-33(37)24-22-32)34(28-35(36)41)29-38-25-20-26-39(2)3;2*5-3(6)1-2-4(7)8/h21-24,28,31,38H,4-20,25-27,29-30H2,1-3H3;2*1-2H,(H,5,6)(H,7,8). The molecule has 0 saturated carbocycles. The molecule has 0 aliphatic rings. The van der Waals surface area contributed by atoms with Gasteiger partial charge in [0.15, 0.2) is 5.75 Å². The van der Waals surface area contributed by atoms with E-state index in [9.17, 15) is 24.0 Å². The van der Waals surface area contributed by atoms with Gasteiger partial charge >= 0.3 is 23.9 Å². The Morgan fingerprint density at radius 1 is 0.690 bits per heavy atom. The van der Waals surface area contributed by atoms with Gasteiger partial charge in [0.1, 0.15) is 0 Å². The number of hydrogen-bond acceptors (Lipinski definition) is 8. The fourth-order valence-electron chi connectivity index (χ4n) is 5.64. The van der Waals surface area contributed by atoms with Gasteiger partial charge in [0.25, 0.3) is 0 Å². The van der Waals surface area contributed by atoms with Crippen molar-refractivity contribution in [2.75, 3.05) is 33.8 Å². The molecule has 0 aliphatic carbocycles. The van der Waals surface area contributed by atoms with Crippen LogP contribution in [0.2, 0.25) is 5.02 Å². The van der Waals surface area contributed by atoms with Crippen molar-refractivity contribution in [3.8, 4) is 5.75 Å². The van der Waals surface area contributed by atoms with E-state index in [-0.39, 0.29) is 5.43 Å². The number of aliphatic carboxylic acids is 4. The molecule has 0 radical (unpaired) electrons. The molecular formula is C44H68ClN3O10. The van der Waals surface area contributed by atoms with Crippen LogP contribution in [0, 0.1) is 0 Å². The number of aromatic nitrogens is 1. The van der Waals surface area contributed by atoms with Crippen molar-refractivity contribution in [2.45, 2.75) is 129 Å². The molecule has 5 N–H and O–H groups in total. The Bertz CT molecular complexity index is 1470. The summed E-state index contributed by atoms with van der Waals surface area (Å²) >= 11 is 6.09. The molecule has 2 rings (SSSR count). The summed E-state index contributed by atoms with van der Waals surface area (Å²) in [6.07, 6.45) is 26.7. The summed E-state index contributed by atoms with van der Waals surface area (Å²) in [5.41, 5.74) is 2.07. The van der Waals surface area contributed by atoms with E-state index in [0.717, 1.165) is 48.6 Å². The fourth-order valence-corrected chi connectivity index (χ4v) is 5.77. The lowest BCUT2D eigenvalue weighted by Crippen LogP contribution is -2.24. The highest BCUT2D eigenvalue weighted by Gasteiger charge is 2.09. The Balaban J connectivity index is 0.00000169. The molecule has 1 aromatic carbocycles. The highest BCUT2D eigenvalue weighted by atomic mass is 35.5. The molecule has 326 valence electrons. The molecule has 13 nitrogen and oxygen atoms in total. The van der Waals surface area contributed by atoms with Crippen LogP contribution in [0.1, 0.15) is 127 Å². The zero-order valence-corrected chi connectivity index (χ0v) is 35.6. The molecule has 0 spiro atoms. The molecular weight excluding hydrogens is 766 g/mol. The fraction of sp³-hybridized carbons (Fsp3) is 0.568. The molecule has 1 heterocycles. The minimum Gasteiger partial charge on any atom is -0.488 e. The second kappa shape index (κ2) is 35.7. The van der Waals surface area contributed by atoms with Gasteiger partial charge in [0, 0.05) is 54.2 Å². The number of hydrogen-bond donors (Lipinski definition) is 5. The minimum absolute atomic E-state index is 0.0380. The van der Waals surface area contributed by atoms with Crippen LogP contribution in [0.4, 0.5) is 0 Å². The van der Waals surface area contributed by atoms with E-state index in [1.165, 1.54) is 89.9 Å². The summed E-state index contributed by atoms with van der Waals surface area (Å²) in [6.45, 7) is 6.14. The number of ether oxygens (including phenoxy) is 1. The van der Waals surface area contributed by atoms with Gasteiger partial charge in [-0.2, -0.15) is 0 Å². The molecule has 0 aliphatic heterocycles. The van der Waals surface area contributed by atoms with Crippen LogP contribution >= 0.6 is 11.6 Å². The van der Waals surface area contributed by atoms with Crippen molar-refractivity contribution in [3.63, 3.8) is 0 Å². The third-order valence-electron chi connectivity index (χ3n) is 8.71. The number of nitrogens with one attached hydrogen (secondary N) is 1. The number of rotatable bonds is 30. The summed E-state index contributed by atoms with van der Waals surface area (Å²) in [6, 6.07) is 9.62. The normalized spacial score (nSPS) is 10.9. The lowest BCUT2D eigenvalue weighted by atomic mass is 10.0. The van der Waals surface area contributed by atoms with Crippen LogP contribution in [-0.4, -0.2) is 87.6 Å². The third-order valence-corrected chi connectivity index (χ3v) is 8.96. The summed E-state index contributed by atoms with van der Waals surface area (Å²) < 4.78 is 8.13. The topological polar surface area (TPSA) is 196 Å². The van der Waals surface area contributed by atoms with E-state index in [0.29, 0.717) is 49.7 Å². The van der Waals surface area contributed by atoms with E-state index >= 15 is 0 Å². The van der Waals surface area contributed by atoms with Gasteiger partial charge in [-0.15, -0.1) is 0 Å². The van der Waals surface area contributed by atoms with Crippen LogP contribution in [0.5, 0.6) is 5.75 Å². The van der Waals surface area contributed by atoms with E-state index < -0.39 is 23.9 Å². The van der Waals surface area contributed by atoms with Gasteiger partial charge in [-0.05, 0) is 57.7 Å². The van der Waals surface area contributed by atoms with Crippen molar-refractivity contribution in [1.82, 2.24) is 14.8 Å². The second-order valence-corrected chi connectivity index (χ2v) is 14.7. The Hall–Kier alpha value is -4.46. The molecule has 0 amide bonds. The summed E-state index contributed by atoms with van der Waals surface area (Å²) in [4.78, 5) is 53.3. The maximum absolute atomic E-state index is 12.9. The Kier molecular flexibility index (Phi) is 32.9. The number of halogens is 1. The molecule has 0 bridgehead atoms. The predicted molar refractivity (Wildman–Crippen MR) is 230 cm³/mol. The number of pyridine rings is 1. The average Bonchev–Trinajstić information content (AvgIpc) is 3.17. The quantitative estimate of drug-likeness (QED) is 0.0372. The third kappa shape index (κ3) is 33.7. The zero-order valence-electron chi connectivity index (χ0n) is 34.8. The van der Waals surface area contributed by atoms with E-state index in [2.05, 4.69) is 35.8 Å². The first-order valence-corrected chi connectivity index (χ1v) is 20.9. The first-order valence-electron chi connectivity index (χ1n) is 20.5.